The molecule has 3 rings (SSSR count). The maximum absolute atomic E-state index is 12.2. The number of hydrogen-bond donors (Lipinski definition) is 2. The van der Waals surface area contributed by atoms with Gasteiger partial charge in [-0.3, -0.25) is 14.9 Å². The van der Waals surface area contributed by atoms with Gasteiger partial charge in [-0.25, -0.2) is 4.79 Å². The minimum atomic E-state index is -0.500. The summed E-state index contributed by atoms with van der Waals surface area (Å²) in [5.74, 6) is -0.126. The molecule has 0 radical (unpaired) electrons. The summed E-state index contributed by atoms with van der Waals surface area (Å²) in [6.45, 7) is 6.99. The molecular weight excluding hydrogens is 346 g/mol. The van der Waals surface area contributed by atoms with Crippen LogP contribution >= 0.6 is 0 Å². The van der Waals surface area contributed by atoms with E-state index in [4.69, 9.17) is 4.74 Å². The average molecular weight is 373 g/mol. The molecule has 0 aromatic heterocycles. The molecule has 146 valence electrons. The summed E-state index contributed by atoms with van der Waals surface area (Å²) in [6, 6.07) is 7.47. The molecule has 2 aliphatic rings. The van der Waals surface area contributed by atoms with E-state index >= 15 is 0 Å². The number of amides is 3. The summed E-state index contributed by atoms with van der Waals surface area (Å²) in [4.78, 5) is 36.8. The van der Waals surface area contributed by atoms with Crippen LogP contribution in [0.25, 0.3) is 0 Å². The van der Waals surface area contributed by atoms with Crippen molar-refractivity contribution < 1.29 is 19.1 Å². The highest BCUT2D eigenvalue weighted by Gasteiger charge is 2.30. The van der Waals surface area contributed by atoms with Gasteiger partial charge in [0.05, 0.1) is 6.42 Å². The third-order valence-electron chi connectivity index (χ3n) is 4.84. The fourth-order valence-electron chi connectivity index (χ4n) is 3.44. The van der Waals surface area contributed by atoms with Crippen molar-refractivity contribution in [2.45, 2.75) is 57.6 Å². The Labute approximate surface area is 159 Å². The van der Waals surface area contributed by atoms with Crippen LogP contribution in [-0.2, 0) is 14.3 Å². The zero-order chi connectivity index (χ0) is 19.6. The molecule has 7 nitrogen and oxygen atoms in total. The molecule has 0 bridgehead atoms. The quantitative estimate of drug-likeness (QED) is 0.796. The van der Waals surface area contributed by atoms with E-state index in [2.05, 4.69) is 10.6 Å². The van der Waals surface area contributed by atoms with Crippen LogP contribution in [0.2, 0.25) is 0 Å². The molecule has 1 aromatic carbocycles. The Morgan fingerprint density at radius 2 is 1.78 bits per heavy atom. The number of ether oxygens (including phenoxy) is 1. The molecule has 0 saturated carbocycles. The Morgan fingerprint density at radius 3 is 2.30 bits per heavy atom. The van der Waals surface area contributed by atoms with Gasteiger partial charge in [0.1, 0.15) is 11.6 Å². The summed E-state index contributed by atoms with van der Waals surface area (Å²) < 4.78 is 5.44. The normalized spacial score (nSPS) is 21.1. The first-order valence-electron chi connectivity index (χ1n) is 9.39. The van der Waals surface area contributed by atoms with Gasteiger partial charge in [0.2, 0.25) is 11.8 Å². The number of anilines is 1. The molecule has 0 spiro atoms. The number of nitrogens with zero attached hydrogens (tertiary/aromatic N) is 1. The Hall–Kier alpha value is -2.57. The monoisotopic (exact) mass is 373 g/mol. The van der Waals surface area contributed by atoms with Gasteiger partial charge >= 0.3 is 6.09 Å². The number of rotatable bonds is 3. The van der Waals surface area contributed by atoms with E-state index in [1.165, 1.54) is 5.56 Å². The zero-order valence-corrected chi connectivity index (χ0v) is 16.1. The topological polar surface area (TPSA) is 87.7 Å². The Bertz CT molecular complexity index is 716. The number of carbonyl (C=O) groups is 3. The van der Waals surface area contributed by atoms with Crippen molar-refractivity contribution in [2.24, 2.45) is 0 Å². The Balaban J connectivity index is 1.52. The van der Waals surface area contributed by atoms with Gasteiger partial charge in [-0.15, -0.1) is 0 Å². The molecule has 1 atom stereocenters. The summed E-state index contributed by atoms with van der Waals surface area (Å²) in [6.07, 6.45) is 1.71. The SMILES string of the molecule is CC(C)(C)OC(=O)N1CCC(c2ccc(NC3CC(=O)NC3=O)cc2)CC1. The van der Waals surface area contributed by atoms with Crippen molar-refractivity contribution in [1.82, 2.24) is 10.2 Å². The molecule has 2 aliphatic heterocycles. The first kappa shape index (κ1) is 19.2. The molecule has 2 fully saturated rings. The maximum Gasteiger partial charge on any atom is 0.410 e. The zero-order valence-electron chi connectivity index (χ0n) is 16.1. The minimum Gasteiger partial charge on any atom is -0.444 e. The molecular formula is C20H27N3O4. The van der Waals surface area contributed by atoms with E-state index in [1.54, 1.807) is 4.90 Å². The predicted molar refractivity (Wildman–Crippen MR) is 101 cm³/mol. The summed E-state index contributed by atoms with van der Waals surface area (Å²) >= 11 is 0. The summed E-state index contributed by atoms with van der Waals surface area (Å²) in [5, 5.41) is 5.39. The van der Waals surface area contributed by atoms with E-state index in [1.807, 2.05) is 45.0 Å². The first-order valence-corrected chi connectivity index (χ1v) is 9.39. The van der Waals surface area contributed by atoms with Crippen LogP contribution in [0.5, 0.6) is 0 Å². The number of benzene rings is 1. The van der Waals surface area contributed by atoms with Gasteiger partial charge in [-0.1, -0.05) is 12.1 Å². The van der Waals surface area contributed by atoms with Crippen LogP contribution < -0.4 is 10.6 Å². The van der Waals surface area contributed by atoms with Crippen molar-refractivity contribution in [3.05, 3.63) is 29.8 Å². The van der Waals surface area contributed by atoms with Gasteiger partial charge in [0.25, 0.3) is 0 Å². The molecule has 2 N–H and O–H groups in total. The molecule has 27 heavy (non-hydrogen) atoms. The maximum atomic E-state index is 12.2. The van der Waals surface area contributed by atoms with E-state index < -0.39 is 11.6 Å². The molecule has 2 heterocycles. The van der Waals surface area contributed by atoms with Crippen LogP contribution in [-0.4, -0.2) is 47.5 Å². The number of carbonyl (C=O) groups excluding carboxylic acids is 3. The molecule has 1 aromatic rings. The second kappa shape index (κ2) is 7.58. The molecule has 0 aliphatic carbocycles. The largest absolute Gasteiger partial charge is 0.444 e. The van der Waals surface area contributed by atoms with Crippen LogP contribution in [0.4, 0.5) is 10.5 Å². The lowest BCUT2D eigenvalue weighted by Gasteiger charge is -2.33. The Kier molecular flexibility index (Phi) is 5.39. The average Bonchev–Trinajstić information content (AvgIpc) is 2.91. The Morgan fingerprint density at radius 1 is 1.15 bits per heavy atom. The summed E-state index contributed by atoms with van der Waals surface area (Å²) in [7, 11) is 0. The lowest BCUT2D eigenvalue weighted by Crippen LogP contribution is -2.41. The number of imide groups is 1. The highest BCUT2D eigenvalue weighted by atomic mass is 16.6. The van der Waals surface area contributed by atoms with Gasteiger partial charge in [0, 0.05) is 18.8 Å². The molecule has 1 unspecified atom stereocenters. The van der Waals surface area contributed by atoms with Crippen LogP contribution in [0.1, 0.15) is 51.5 Å². The number of nitrogens with one attached hydrogen (secondary N) is 2. The fraction of sp³-hybridized carbons (Fsp3) is 0.550. The van der Waals surface area contributed by atoms with E-state index in [0.717, 1.165) is 18.5 Å². The van der Waals surface area contributed by atoms with Gasteiger partial charge in [0.15, 0.2) is 0 Å². The molecule has 3 amide bonds. The number of hydrogen-bond acceptors (Lipinski definition) is 5. The minimum absolute atomic E-state index is 0.170. The van der Waals surface area contributed by atoms with E-state index in [0.29, 0.717) is 19.0 Å². The highest BCUT2D eigenvalue weighted by Crippen LogP contribution is 2.29. The standard InChI is InChI=1S/C20H27N3O4/c1-20(2,3)27-19(26)23-10-8-14(9-11-23)13-4-6-15(7-5-13)21-16-12-17(24)22-18(16)25/h4-7,14,16,21H,8-12H2,1-3H3,(H,22,24,25). The third-order valence-corrected chi connectivity index (χ3v) is 4.84. The number of piperidine rings is 1. The van der Waals surface area contributed by atoms with Gasteiger partial charge in [-0.2, -0.15) is 0 Å². The molecule has 2 saturated heterocycles. The highest BCUT2D eigenvalue weighted by molar-refractivity contribution is 6.06. The van der Waals surface area contributed by atoms with Crippen molar-refractivity contribution in [2.75, 3.05) is 18.4 Å². The third kappa shape index (κ3) is 4.99. The van der Waals surface area contributed by atoms with Crippen molar-refractivity contribution >= 4 is 23.6 Å². The first-order chi connectivity index (χ1) is 12.7. The van der Waals surface area contributed by atoms with Gasteiger partial charge in [-0.05, 0) is 57.2 Å². The fourth-order valence-corrected chi connectivity index (χ4v) is 3.44. The van der Waals surface area contributed by atoms with Gasteiger partial charge < -0.3 is 15.0 Å². The number of likely N-dealkylation sites (tertiary alicyclic amines) is 1. The van der Waals surface area contributed by atoms with Crippen LogP contribution in [0.15, 0.2) is 24.3 Å². The van der Waals surface area contributed by atoms with E-state index in [9.17, 15) is 14.4 Å². The van der Waals surface area contributed by atoms with Crippen molar-refractivity contribution in [1.29, 1.82) is 0 Å². The van der Waals surface area contributed by atoms with Crippen LogP contribution in [0, 0.1) is 0 Å². The second-order valence-electron chi connectivity index (χ2n) is 8.18. The lowest BCUT2D eigenvalue weighted by molar-refractivity contribution is -0.124. The predicted octanol–water partition coefficient (Wildman–Crippen LogP) is 2.63. The summed E-state index contributed by atoms with van der Waals surface area (Å²) in [5.41, 5.74) is 1.56. The van der Waals surface area contributed by atoms with Crippen molar-refractivity contribution in [3.8, 4) is 0 Å². The second-order valence-corrected chi connectivity index (χ2v) is 8.18. The van der Waals surface area contributed by atoms with Crippen LogP contribution in [0.3, 0.4) is 0 Å². The van der Waals surface area contributed by atoms with Crippen molar-refractivity contribution in [3.63, 3.8) is 0 Å². The smallest absolute Gasteiger partial charge is 0.410 e. The lowest BCUT2D eigenvalue weighted by atomic mass is 9.89. The molecule has 7 heteroatoms. The van der Waals surface area contributed by atoms with E-state index in [-0.39, 0.29) is 24.3 Å².